The molecule has 1 aliphatic rings. The second-order valence-electron chi connectivity index (χ2n) is 4.58. The highest BCUT2D eigenvalue weighted by molar-refractivity contribution is 7.12. The van der Waals surface area contributed by atoms with Crippen LogP contribution in [-0.4, -0.2) is 24.0 Å². The summed E-state index contributed by atoms with van der Waals surface area (Å²) in [4.78, 5) is 5.37. The highest BCUT2D eigenvalue weighted by atomic mass is 35.5. The van der Waals surface area contributed by atoms with Crippen LogP contribution in [0, 0.1) is 13.8 Å². The van der Waals surface area contributed by atoms with Crippen LogP contribution in [0.1, 0.15) is 28.2 Å². The van der Waals surface area contributed by atoms with E-state index in [1.807, 2.05) is 11.3 Å². The Morgan fingerprint density at radius 3 is 2.81 bits per heavy atom. The SMILES string of the molecule is Cc1cc(CN2CCCC(N)C2)c(C)s1.Cl. The predicted octanol–water partition coefficient (Wildman–Crippen LogP) is 2.71. The smallest absolute Gasteiger partial charge is 0.0245 e. The van der Waals surface area contributed by atoms with Gasteiger partial charge in [0.15, 0.2) is 0 Å². The topological polar surface area (TPSA) is 29.3 Å². The van der Waals surface area contributed by atoms with Gasteiger partial charge in [-0.3, -0.25) is 4.90 Å². The molecule has 0 aliphatic carbocycles. The quantitative estimate of drug-likeness (QED) is 0.886. The van der Waals surface area contributed by atoms with Crippen LogP contribution in [0.3, 0.4) is 0 Å². The van der Waals surface area contributed by atoms with E-state index in [2.05, 4.69) is 24.8 Å². The number of nitrogens with two attached hydrogens (primary N) is 1. The van der Waals surface area contributed by atoms with Crippen LogP contribution < -0.4 is 5.73 Å². The van der Waals surface area contributed by atoms with Gasteiger partial charge in [0.2, 0.25) is 0 Å². The first-order valence-corrected chi connectivity index (χ1v) is 6.50. The van der Waals surface area contributed by atoms with Gasteiger partial charge in [0.1, 0.15) is 0 Å². The fourth-order valence-corrected chi connectivity index (χ4v) is 3.25. The van der Waals surface area contributed by atoms with Gasteiger partial charge in [-0.05, 0) is 44.9 Å². The first-order chi connectivity index (χ1) is 7.15. The van der Waals surface area contributed by atoms with Gasteiger partial charge in [-0.1, -0.05) is 0 Å². The molecule has 1 unspecified atom stereocenters. The van der Waals surface area contributed by atoms with Crippen LogP contribution in [0.2, 0.25) is 0 Å². The average Bonchev–Trinajstić information content (AvgIpc) is 2.45. The molecule has 1 saturated heterocycles. The number of rotatable bonds is 2. The van der Waals surface area contributed by atoms with Crippen molar-refractivity contribution in [3.05, 3.63) is 21.4 Å². The Kier molecular flexibility index (Phi) is 5.25. The summed E-state index contributed by atoms with van der Waals surface area (Å²) >= 11 is 1.90. The molecule has 92 valence electrons. The van der Waals surface area contributed by atoms with Gasteiger partial charge in [0.25, 0.3) is 0 Å². The lowest BCUT2D eigenvalue weighted by atomic mass is 10.1. The second kappa shape index (κ2) is 6.01. The number of nitrogens with zero attached hydrogens (tertiary/aromatic N) is 1. The number of piperidine rings is 1. The third kappa shape index (κ3) is 3.45. The van der Waals surface area contributed by atoms with Gasteiger partial charge >= 0.3 is 0 Å². The lowest BCUT2D eigenvalue weighted by Gasteiger charge is -2.30. The maximum atomic E-state index is 5.98. The van der Waals surface area contributed by atoms with E-state index in [4.69, 9.17) is 5.73 Å². The summed E-state index contributed by atoms with van der Waals surface area (Å²) in [5.74, 6) is 0. The zero-order valence-corrected chi connectivity index (χ0v) is 11.7. The van der Waals surface area contributed by atoms with Crippen LogP contribution in [-0.2, 0) is 6.54 Å². The molecule has 2 rings (SSSR count). The third-order valence-corrected chi connectivity index (χ3v) is 4.09. The third-order valence-electron chi connectivity index (χ3n) is 3.08. The Morgan fingerprint density at radius 2 is 2.25 bits per heavy atom. The zero-order valence-electron chi connectivity index (χ0n) is 10.0. The molecule has 0 bridgehead atoms. The number of hydrogen-bond donors (Lipinski definition) is 1. The Bertz CT molecular complexity index is 338. The minimum atomic E-state index is 0. The van der Waals surface area contributed by atoms with Crippen molar-refractivity contribution in [3.63, 3.8) is 0 Å². The monoisotopic (exact) mass is 260 g/mol. The van der Waals surface area contributed by atoms with E-state index in [-0.39, 0.29) is 12.4 Å². The molecule has 2 nitrogen and oxygen atoms in total. The molecule has 0 aromatic carbocycles. The number of aryl methyl sites for hydroxylation is 2. The van der Waals surface area contributed by atoms with E-state index < -0.39 is 0 Å². The van der Waals surface area contributed by atoms with Crippen LogP contribution >= 0.6 is 23.7 Å². The maximum Gasteiger partial charge on any atom is 0.0245 e. The lowest BCUT2D eigenvalue weighted by molar-refractivity contribution is 0.201. The van der Waals surface area contributed by atoms with E-state index in [1.165, 1.54) is 34.7 Å². The van der Waals surface area contributed by atoms with Crippen LogP contribution in [0.25, 0.3) is 0 Å². The standard InChI is InChI=1S/C12H20N2S.ClH/c1-9-6-11(10(2)15-9)7-14-5-3-4-12(13)8-14;/h6,12H,3-5,7-8,13H2,1-2H3;1H. The molecule has 1 atom stereocenters. The maximum absolute atomic E-state index is 5.98. The van der Waals surface area contributed by atoms with E-state index in [0.717, 1.165) is 13.1 Å². The van der Waals surface area contributed by atoms with Crippen LogP contribution in [0.15, 0.2) is 6.07 Å². The molecule has 1 fully saturated rings. The van der Waals surface area contributed by atoms with Crippen molar-refractivity contribution in [3.8, 4) is 0 Å². The number of halogens is 1. The molecule has 1 aromatic rings. The van der Waals surface area contributed by atoms with Crippen molar-refractivity contribution >= 4 is 23.7 Å². The Balaban J connectivity index is 0.00000128. The molecular weight excluding hydrogens is 240 g/mol. The van der Waals surface area contributed by atoms with E-state index in [1.54, 1.807) is 0 Å². The molecule has 2 N–H and O–H groups in total. The van der Waals surface area contributed by atoms with Crippen molar-refractivity contribution < 1.29 is 0 Å². The van der Waals surface area contributed by atoms with Gasteiger partial charge in [0.05, 0.1) is 0 Å². The zero-order chi connectivity index (χ0) is 10.8. The summed E-state index contributed by atoms with van der Waals surface area (Å²) in [5.41, 5.74) is 7.48. The highest BCUT2D eigenvalue weighted by Crippen LogP contribution is 2.23. The largest absolute Gasteiger partial charge is 0.327 e. The van der Waals surface area contributed by atoms with Crippen molar-refractivity contribution in [2.24, 2.45) is 5.73 Å². The van der Waals surface area contributed by atoms with Gasteiger partial charge in [0, 0.05) is 28.9 Å². The molecule has 0 radical (unpaired) electrons. The Labute approximate surface area is 108 Å². The molecule has 16 heavy (non-hydrogen) atoms. The Morgan fingerprint density at radius 1 is 1.50 bits per heavy atom. The fraction of sp³-hybridized carbons (Fsp3) is 0.667. The summed E-state index contributed by atoms with van der Waals surface area (Å²) in [6.07, 6.45) is 2.45. The summed E-state index contributed by atoms with van der Waals surface area (Å²) in [7, 11) is 0. The van der Waals surface area contributed by atoms with E-state index in [9.17, 15) is 0 Å². The minimum absolute atomic E-state index is 0. The van der Waals surface area contributed by atoms with Gasteiger partial charge in [-0.2, -0.15) is 0 Å². The number of likely N-dealkylation sites (tertiary alicyclic amines) is 1. The summed E-state index contributed by atoms with van der Waals surface area (Å²) in [6, 6.07) is 2.71. The molecule has 1 aliphatic heterocycles. The molecule has 2 heterocycles. The van der Waals surface area contributed by atoms with Crippen molar-refractivity contribution in [1.29, 1.82) is 0 Å². The predicted molar refractivity (Wildman–Crippen MR) is 73.5 cm³/mol. The van der Waals surface area contributed by atoms with Crippen molar-refractivity contribution in [1.82, 2.24) is 4.90 Å². The summed E-state index contributed by atoms with van der Waals surface area (Å²) in [6.45, 7) is 7.76. The molecule has 0 saturated carbocycles. The minimum Gasteiger partial charge on any atom is -0.327 e. The lowest BCUT2D eigenvalue weighted by Crippen LogP contribution is -2.42. The summed E-state index contributed by atoms with van der Waals surface area (Å²) in [5, 5.41) is 0. The normalized spacial score (nSPS) is 21.8. The van der Waals surface area contributed by atoms with E-state index >= 15 is 0 Å². The number of thiophene rings is 1. The fourth-order valence-electron chi connectivity index (χ4n) is 2.32. The molecule has 0 amide bonds. The van der Waals surface area contributed by atoms with Crippen LogP contribution in [0.5, 0.6) is 0 Å². The first kappa shape index (κ1) is 14.0. The molecule has 0 spiro atoms. The van der Waals surface area contributed by atoms with Gasteiger partial charge < -0.3 is 5.73 Å². The summed E-state index contributed by atoms with van der Waals surface area (Å²) < 4.78 is 0. The average molecular weight is 261 g/mol. The van der Waals surface area contributed by atoms with Gasteiger partial charge in [-0.25, -0.2) is 0 Å². The first-order valence-electron chi connectivity index (χ1n) is 5.69. The highest BCUT2D eigenvalue weighted by Gasteiger charge is 2.17. The molecular formula is C12H21ClN2S. The molecule has 4 heteroatoms. The molecule has 1 aromatic heterocycles. The van der Waals surface area contributed by atoms with Gasteiger partial charge in [-0.15, -0.1) is 23.7 Å². The van der Waals surface area contributed by atoms with Crippen molar-refractivity contribution in [2.45, 2.75) is 39.3 Å². The second-order valence-corrected chi connectivity index (χ2v) is 6.04. The Hall–Kier alpha value is -0.0900. The van der Waals surface area contributed by atoms with Crippen LogP contribution in [0.4, 0.5) is 0 Å². The number of hydrogen-bond acceptors (Lipinski definition) is 3. The van der Waals surface area contributed by atoms with E-state index in [0.29, 0.717) is 6.04 Å². The van der Waals surface area contributed by atoms with Crippen molar-refractivity contribution in [2.75, 3.05) is 13.1 Å².